The molecule has 0 aromatic heterocycles. The van der Waals surface area contributed by atoms with Crippen molar-refractivity contribution in [3.05, 3.63) is 29.8 Å². The van der Waals surface area contributed by atoms with Crippen molar-refractivity contribution in [2.24, 2.45) is 10.9 Å². The van der Waals surface area contributed by atoms with Crippen molar-refractivity contribution in [2.75, 3.05) is 33.8 Å². The molecule has 0 unspecified atom stereocenters. The van der Waals surface area contributed by atoms with Gasteiger partial charge in [0.25, 0.3) is 0 Å². The summed E-state index contributed by atoms with van der Waals surface area (Å²) in [6.07, 6.45) is 2.58. The Morgan fingerprint density at radius 3 is 2.67 bits per heavy atom. The summed E-state index contributed by atoms with van der Waals surface area (Å²) in [4.78, 5) is 6.94. The molecular formula is C19H32N4O. The van der Waals surface area contributed by atoms with Crippen molar-refractivity contribution in [3.8, 4) is 5.75 Å². The maximum Gasteiger partial charge on any atom is 0.191 e. The van der Waals surface area contributed by atoms with Gasteiger partial charge < -0.3 is 15.4 Å². The highest BCUT2D eigenvalue weighted by Crippen LogP contribution is 2.18. The predicted octanol–water partition coefficient (Wildman–Crippen LogP) is 2.48. The molecule has 0 aliphatic carbocycles. The van der Waals surface area contributed by atoms with E-state index in [0.29, 0.717) is 6.04 Å². The maximum absolute atomic E-state index is 5.19. The summed E-state index contributed by atoms with van der Waals surface area (Å²) < 4.78 is 5.19. The highest BCUT2D eigenvalue weighted by atomic mass is 16.5. The zero-order valence-corrected chi connectivity index (χ0v) is 15.5. The first-order chi connectivity index (χ1) is 11.6. The number of benzene rings is 1. The van der Waals surface area contributed by atoms with Gasteiger partial charge in [0.05, 0.1) is 7.11 Å². The van der Waals surface area contributed by atoms with Crippen molar-refractivity contribution in [1.82, 2.24) is 15.5 Å². The monoisotopic (exact) mass is 332 g/mol. The zero-order chi connectivity index (χ0) is 17.4. The molecule has 2 rings (SSSR count). The average molecular weight is 332 g/mol. The quantitative estimate of drug-likeness (QED) is 0.595. The number of hydrogen-bond donors (Lipinski definition) is 2. The van der Waals surface area contributed by atoms with Crippen molar-refractivity contribution in [3.63, 3.8) is 0 Å². The van der Waals surface area contributed by atoms with Crippen molar-refractivity contribution in [2.45, 2.75) is 39.3 Å². The van der Waals surface area contributed by atoms with Crippen LogP contribution in [0.15, 0.2) is 29.3 Å². The average Bonchev–Trinajstić information content (AvgIpc) is 3.02. The minimum Gasteiger partial charge on any atom is -0.497 e. The first kappa shape index (κ1) is 18.6. The van der Waals surface area contributed by atoms with Gasteiger partial charge in [-0.05, 0) is 43.0 Å². The summed E-state index contributed by atoms with van der Waals surface area (Å²) in [5.41, 5.74) is 1.21. The van der Waals surface area contributed by atoms with E-state index in [2.05, 4.69) is 46.5 Å². The van der Waals surface area contributed by atoms with Gasteiger partial charge in [-0.15, -0.1) is 0 Å². The minimum absolute atomic E-state index is 0.618. The van der Waals surface area contributed by atoms with Crippen molar-refractivity contribution >= 4 is 5.96 Å². The highest BCUT2D eigenvalue weighted by molar-refractivity contribution is 5.79. The number of guanidine groups is 1. The molecule has 1 fully saturated rings. The van der Waals surface area contributed by atoms with Gasteiger partial charge in [-0.1, -0.05) is 26.0 Å². The number of nitrogens with one attached hydrogen (secondary N) is 2. The van der Waals surface area contributed by atoms with E-state index < -0.39 is 0 Å². The van der Waals surface area contributed by atoms with Crippen LogP contribution in [-0.2, 0) is 6.54 Å². The molecule has 24 heavy (non-hydrogen) atoms. The van der Waals surface area contributed by atoms with Crippen LogP contribution < -0.4 is 15.4 Å². The fourth-order valence-corrected chi connectivity index (χ4v) is 3.20. The van der Waals surface area contributed by atoms with Crippen LogP contribution in [0, 0.1) is 5.92 Å². The summed E-state index contributed by atoms with van der Waals surface area (Å²) in [6, 6.07) is 8.72. The molecule has 1 saturated heterocycles. The van der Waals surface area contributed by atoms with E-state index in [1.165, 1.54) is 31.5 Å². The summed E-state index contributed by atoms with van der Waals surface area (Å²) in [6.45, 7) is 8.70. The van der Waals surface area contributed by atoms with Crippen LogP contribution in [0.1, 0.15) is 32.3 Å². The Hall–Kier alpha value is -1.75. The Kier molecular flexibility index (Phi) is 7.37. The van der Waals surface area contributed by atoms with Crippen LogP contribution in [-0.4, -0.2) is 50.7 Å². The molecule has 0 saturated carbocycles. The second-order valence-corrected chi connectivity index (χ2v) is 6.84. The lowest BCUT2D eigenvalue weighted by Crippen LogP contribution is -2.45. The van der Waals surface area contributed by atoms with Gasteiger partial charge in [-0.2, -0.15) is 0 Å². The lowest BCUT2D eigenvalue weighted by Gasteiger charge is -2.27. The fraction of sp³-hybridized carbons (Fsp3) is 0.632. The molecule has 0 amide bonds. The van der Waals surface area contributed by atoms with Gasteiger partial charge in [0.1, 0.15) is 5.75 Å². The first-order valence-corrected chi connectivity index (χ1v) is 8.94. The third-order valence-corrected chi connectivity index (χ3v) is 4.45. The molecule has 134 valence electrons. The number of hydrogen-bond acceptors (Lipinski definition) is 3. The number of aliphatic imine (C=N–C) groups is 1. The SMILES string of the molecule is CN=C(NCc1ccc(OC)cc1)NC[C@H]1CCCN1CC(C)C. The van der Waals surface area contributed by atoms with Crippen LogP contribution in [0.5, 0.6) is 5.75 Å². The molecule has 1 aliphatic heterocycles. The van der Waals surface area contributed by atoms with Crippen LogP contribution in [0.4, 0.5) is 0 Å². The predicted molar refractivity (Wildman–Crippen MR) is 101 cm³/mol. The molecule has 5 nitrogen and oxygen atoms in total. The van der Waals surface area contributed by atoms with Crippen molar-refractivity contribution < 1.29 is 4.74 Å². The second-order valence-electron chi connectivity index (χ2n) is 6.84. The largest absolute Gasteiger partial charge is 0.497 e. The molecule has 1 aliphatic rings. The molecule has 0 spiro atoms. The fourth-order valence-electron chi connectivity index (χ4n) is 3.20. The summed E-state index contributed by atoms with van der Waals surface area (Å²) in [5.74, 6) is 2.47. The van der Waals surface area contributed by atoms with E-state index in [0.717, 1.165) is 30.7 Å². The van der Waals surface area contributed by atoms with E-state index in [1.807, 2.05) is 19.2 Å². The topological polar surface area (TPSA) is 48.9 Å². The Labute approximate surface area is 146 Å². The van der Waals surface area contributed by atoms with Gasteiger partial charge in [-0.25, -0.2) is 0 Å². The van der Waals surface area contributed by atoms with Gasteiger partial charge in [-0.3, -0.25) is 9.89 Å². The molecule has 1 heterocycles. The maximum atomic E-state index is 5.19. The lowest BCUT2D eigenvalue weighted by atomic mass is 10.1. The van der Waals surface area contributed by atoms with Crippen LogP contribution in [0.3, 0.4) is 0 Å². The minimum atomic E-state index is 0.618. The summed E-state index contributed by atoms with van der Waals surface area (Å²) >= 11 is 0. The highest BCUT2D eigenvalue weighted by Gasteiger charge is 2.24. The summed E-state index contributed by atoms with van der Waals surface area (Å²) in [7, 11) is 3.51. The molecule has 5 heteroatoms. The molecule has 0 radical (unpaired) electrons. The third kappa shape index (κ3) is 5.71. The third-order valence-electron chi connectivity index (χ3n) is 4.45. The number of nitrogens with zero attached hydrogens (tertiary/aromatic N) is 2. The van der Waals surface area contributed by atoms with Crippen LogP contribution in [0.25, 0.3) is 0 Å². The molecule has 1 atom stereocenters. The Bertz CT molecular complexity index is 513. The van der Waals surface area contributed by atoms with Crippen molar-refractivity contribution in [1.29, 1.82) is 0 Å². The van der Waals surface area contributed by atoms with E-state index in [1.54, 1.807) is 7.11 Å². The number of ether oxygens (including phenoxy) is 1. The van der Waals surface area contributed by atoms with Gasteiger partial charge in [0.2, 0.25) is 0 Å². The summed E-state index contributed by atoms with van der Waals surface area (Å²) in [5, 5.41) is 6.86. The zero-order valence-electron chi connectivity index (χ0n) is 15.5. The van der Waals surface area contributed by atoms with Gasteiger partial charge >= 0.3 is 0 Å². The van der Waals surface area contributed by atoms with E-state index in [9.17, 15) is 0 Å². The van der Waals surface area contributed by atoms with E-state index in [4.69, 9.17) is 4.74 Å². The van der Waals surface area contributed by atoms with Gasteiger partial charge in [0, 0.05) is 32.7 Å². The molecule has 1 aromatic carbocycles. The second kappa shape index (κ2) is 9.52. The molecular weight excluding hydrogens is 300 g/mol. The van der Waals surface area contributed by atoms with Crippen LogP contribution >= 0.6 is 0 Å². The van der Waals surface area contributed by atoms with E-state index >= 15 is 0 Å². The molecule has 0 bridgehead atoms. The normalized spacial score (nSPS) is 18.9. The number of methoxy groups -OCH3 is 1. The molecule has 2 N–H and O–H groups in total. The number of likely N-dealkylation sites (tertiary alicyclic amines) is 1. The van der Waals surface area contributed by atoms with Crippen LogP contribution in [0.2, 0.25) is 0 Å². The lowest BCUT2D eigenvalue weighted by molar-refractivity contribution is 0.226. The smallest absolute Gasteiger partial charge is 0.191 e. The first-order valence-electron chi connectivity index (χ1n) is 8.94. The Balaban J connectivity index is 1.77. The Morgan fingerprint density at radius 1 is 1.29 bits per heavy atom. The van der Waals surface area contributed by atoms with E-state index in [-0.39, 0.29) is 0 Å². The standard InChI is InChI=1S/C19H32N4O/c1-15(2)14-23-11-5-6-17(23)13-22-19(20-3)21-12-16-7-9-18(24-4)10-8-16/h7-10,15,17H,5-6,11-14H2,1-4H3,(H2,20,21,22)/t17-/m1/s1. The van der Waals surface area contributed by atoms with Gasteiger partial charge in [0.15, 0.2) is 5.96 Å². The number of rotatable bonds is 7. The Morgan fingerprint density at radius 2 is 2.04 bits per heavy atom. The molecule has 1 aromatic rings.